The van der Waals surface area contributed by atoms with E-state index in [0.29, 0.717) is 12.5 Å². The SMILES string of the molecule is NC(=NCc1csc(CCc2ccccc2)n1)N1CCCCC1. The number of benzene rings is 1. The fourth-order valence-electron chi connectivity index (χ4n) is 2.82. The zero-order valence-corrected chi connectivity index (χ0v) is 14.3. The molecule has 1 aromatic heterocycles. The van der Waals surface area contributed by atoms with E-state index in [2.05, 4.69) is 50.6 Å². The van der Waals surface area contributed by atoms with E-state index in [4.69, 9.17) is 5.73 Å². The van der Waals surface area contributed by atoms with Crippen molar-refractivity contribution in [2.45, 2.75) is 38.6 Å². The lowest BCUT2D eigenvalue weighted by atomic mass is 10.1. The Balaban J connectivity index is 1.50. The smallest absolute Gasteiger partial charge is 0.191 e. The zero-order chi connectivity index (χ0) is 15.9. The maximum absolute atomic E-state index is 6.09. The van der Waals surface area contributed by atoms with E-state index in [9.17, 15) is 0 Å². The first-order valence-electron chi connectivity index (χ1n) is 8.33. The van der Waals surface area contributed by atoms with Crippen LogP contribution in [0.5, 0.6) is 0 Å². The maximum atomic E-state index is 6.09. The molecular formula is C18H24N4S. The predicted octanol–water partition coefficient (Wildman–Crippen LogP) is 3.23. The van der Waals surface area contributed by atoms with E-state index < -0.39 is 0 Å². The van der Waals surface area contributed by atoms with Crippen LogP contribution in [-0.4, -0.2) is 28.9 Å². The van der Waals surface area contributed by atoms with Gasteiger partial charge in [-0.05, 0) is 31.2 Å². The minimum atomic E-state index is 0.587. The molecule has 2 N–H and O–H groups in total. The van der Waals surface area contributed by atoms with Crippen molar-refractivity contribution in [2.24, 2.45) is 10.7 Å². The summed E-state index contributed by atoms with van der Waals surface area (Å²) >= 11 is 1.72. The predicted molar refractivity (Wildman–Crippen MR) is 96.7 cm³/mol. The number of hydrogen-bond acceptors (Lipinski definition) is 3. The zero-order valence-electron chi connectivity index (χ0n) is 13.4. The summed E-state index contributed by atoms with van der Waals surface area (Å²) < 4.78 is 0. The normalized spacial score (nSPS) is 15.8. The molecule has 0 spiro atoms. The molecule has 23 heavy (non-hydrogen) atoms. The van der Waals surface area contributed by atoms with Gasteiger partial charge in [-0.2, -0.15) is 0 Å². The summed E-state index contributed by atoms with van der Waals surface area (Å²) in [6.45, 7) is 2.66. The minimum absolute atomic E-state index is 0.587. The molecule has 0 unspecified atom stereocenters. The van der Waals surface area contributed by atoms with Gasteiger partial charge in [0.05, 0.1) is 17.2 Å². The number of aryl methyl sites for hydroxylation is 2. The largest absolute Gasteiger partial charge is 0.370 e. The van der Waals surface area contributed by atoms with Gasteiger partial charge in [0, 0.05) is 24.9 Å². The molecule has 0 radical (unpaired) electrons. The highest BCUT2D eigenvalue weighted by molar-refractivity contribution is 7.09. The van der Waals surface area contributed by atoms with Crippen LogP contribution >= 0.6 is 11.3 Å². The van der Waals surface area contributed by atoms with Crippen molar-refractivity contribution >= 4 is 17.3 Å². The molecule has 1 fully saturated rings. The fraction of sp³-hybridized carbons (Fsp3) is 0.444. The molecule has 1 aromatic carbocycles. The van der Waals surface area contributed by atoms with Crippen molar-refractivity contribution < 1.29 is 0 Å². The molecule has 1 aliphatic heterocycles. The van der Waals surface area contributed by atoms with Crippen LogP contribution in [0.4, 0.5) is 0 Å². The van der Waals surface area contributed by atoms with Crippen LogP contribution in [-0.2, 0) is 19.4 Å². The molecule has 4 nitrogen and oxygen atoms in total. The summed E-state index contributed by atoms with van der Waals surface area (Å²) in [6.07, 6.45) is 5.76. The lowest BCUT2D eigenvalue weighted by Gasteiger charge is -2.27. The summed E-state index contributed by atoms with van der Waals surface area (Å²) in [5.41, 5.74) is 8.47. The van der Waals surface area contributed by atoms with Crippen LogP contribution in [0, 0.1) is 0 Å². The van der Waals surface area contributed by atoms with Crippen molar-refractivity contribution in [2.75, 3.05) is 13.1 Å². The van der Waals surface area contributed by atoms with Crippen LogP contribution in [0.15, 0.2) is 40.7 Å². The number of hydrogen-bond donors (Lipinski definition) is 1. The Hall–Kier alpha value is -1.88. The first-order chi connectivity index (χ1) is 11.3. The van der Waals surface area contributed by atoms with E-state index in [1.165, 1.54) is 29.8 Å². The number of nitrogens with two attached hydrogens (primary N) is 1. The van der Waals surface area contributed by atoms with Gasteiger partial charge >= 0.3 is 0 Å². The van der Waals surface area contributed by atoms with E-state index in [1.807, 2.05) is 0 Å². The Morgan fingerprint density at radius 2 is 1.91 bits per heavy atom. The minimum Gasteiger partial charge on any atom is -0.370 e. The van der Waals surface area contributed by atoms with E-state index in [1.54, 1.807) is 11.3 Å². The number of aromatic nitrogens is 1. The molecular weight excluding hydrogens is 304 g/mol. The van der Waals surface area contributed by atoms with Gasteiger partial charge in [-0.1, -0.05) is 30.3 Å². The van der Waals surface area contributed by atoms with Gasteiger partial charge in [0.1, 0.15) is 0 Å². The Morgan fingerprint density at radius 3 is 2.70 bits per heavy atom. The lowest BCUT2D eigenvalue weighted by Crippen LogP contribution is -2.40. The lowest BCUT2D eigenvalue weighted by molar-refractivity contribution is 0.338. The highest BCUT2D eigenvalue weighted by Gasteiger charge is 2.12. The van der Waals surface area contributed by atoms with Gasteiger partial charge < -0.3 is 10.6 Å². The number of nitrogens with zero attached hydrogens (tertiary/aromatic N) is 3. The van der Waals surface area contributed by atoms with Gasteiger partial charge in [-0.3, -0.25) is 0 Å². The number of aliphatic imine (C=N–C) groups is 1. The molecule has 0 aliphatic carbocycles. The topological polar surface area (TPSA) is 54.5 Å². The fourth-order valence-corrected chi connectivity index (χ4v) is 3.61. The second kappa shape index (κ2) is 8.11. The number of guanidine groups is 1. The monoisotopic (exact) mass is 328 g/mol. The second-order valence-electron chi connectivity index (χ2n) is 5.94. The van der Waals surface area contributed by atoms with Crippen LogP contribution in [0.25, 0.3) is 0 Å². The van der Waals surface area contributed by atoms with Crippen LogP contribution in [0.3, 0.4) is 0 Å². The van der Waals surface area contributed by atoms with Crippen molar-refractivity contribution in [3.8, 4) is 0 Å². The van der Waals surface area contributed by atoms with Crippen molar-refractivity contribution in [3.63, 3.8) is 0 Å². The van der Waals surface area contributed by atoms with E-state index in [-0.39, 0.29) is 0 Å². The standard InChI is InChI=1S/C18H24N4S/c19-18(22-11-5-2-6-12-22)20-13-16-14-23-17(21-16)10-9-15-7-3-1-4-8-15/h1,3-4,7-8,14H,2,5-6,9-13H2,(H2,19,20). The third-order valence-electron chi connectivity index (χ3n) is 4.15. The quantitative estimate of drug-likeness (QED) is 0.677. The van der Waals surface area contributed by atoms with Crippen LogP contribution in [0.2, 0.25) is 0 Å². The highest BCUT2D eigenvalue weighted by Crippen LogP contribution is 2.14. The molecule has 0 bridgehead atoms. The van der Waals surface area contributed by atoms with Crippen molar-refractivity contribution in [3.05, 3.63) is 52.0 Å². The van der Waals surface area contributed by atoms with Gasteiger partial charge in [0.25, 0.3) is 0 Å². The van der Waals surface area contributed by atoms with Crippen LogP contribution in [0.1, 0.15) is 35.5 Å². The first-order valence-corrected chi connectivity index (χ1v) is 9.21. The molecule has 2 aromatic rings. The number of likely N-dealkylation sites (tertiary alicyclic amines) is 1. The van der Waals surface area contributed by atoms with Crippen molar-refractivity contribution in [1.29, 1.82) is 0 Å². The summed E-state index contributed by atoms with van der Waals surface area (Å²) in [7, 11) is 0. The maximum Gasteiger partial charge on any atom is 0.191 e. The third-order valence-corrected chi connectivity index (χ3v) is 5.11. The van der Waals surface area contributed by atoms with Gasteiger partial charge in [0.2, 0.25) is 0 Å². The van der Waals surface area contributed by atoms with Gasteiger partial charge in [-0.25, -0.2) is 9.98 Å². The number of piperidine rings is 1. The molecule has 1 aliphatic rings. The summed E-state index contributed by atoms with van der Waals surface area (Å²) in [5, 5.41) is 3.28. The van der Waals surface area contributed by atoms with E-state index >= 15 is 0 Å². The molecule has 0 atom stereocenters. The third kappa shape index (κ3) is 4.79. The molecule has 5 heteroatoms. The van der Waals surface area contributed by atoms with Gasteiger partial charge in [-0.15, -0.1) is 11.3 Å². The summed E-state index contributed by atoms with van der Waals surface area (Å²) in [6, 6.07) is 10.5. The second-order valence-corrected chi connectivity index (χ2v) is 6.88. The number of thiazole rings is 1. The first kappa shape index (κ1) is 16.0. The molecule has 3 rings (SSSR count). The number of rotatable bonds is 5. The molecule has 2 heterocycles. The molecule has 0 saturated carbocycles. The average Bonchev–Trinajstić information content (AvgIpc) is 3.07. The van der Waals surface area contributed by atoms with Crippen LogP contribution < -0.4 is 5.73 Å². The van der Waals surface area contributed by atoms with Crippen molar-refractivity contribution in [1.82, 2.24) is 9.88 Å². The summed E-state index contributed by atoms with van der Waals surface area (Å²) in [4.78, 5) is 11.4. The Morgan fingerprint density at radius 1 is 1.13 bits per heavy atom. The Labute approximate surface area is 142 Å². The van der Waals surface area contributed by atoms with E-state index in [0.717, 1.165) is 31.6 Å². The Kier molecular flexibility index (Phi) is 5.64. The molecule has 122 valence electrons. The highest BCUT2D eigenvalue weighted by atomic mass is 32.1. The molecule has 0 amide bonds. The average molecular weight is 328 g/mol. The molecule has 1 saturated heterocycles. The summed E-state index contributed by atoms with van der Waals surface area (Å²) in [5.74, 6) is 0.670. The van der Waals surface area contributed by atoms with Gasteiger partial charge in [0.15, 0.2) is 5.96 Å². The Bertz CT molecular complexity index is 629.